The largest absolute Gasteiger partial charge is 0.477 e. The Morgan fingerprint density at radius 1 is 1.42 bits per heavy atom. The molecule has 2 N–H and O–H groups in total. The first-order valence-corrected chi connectivity index (χ1v) is 6.88. The number of aryl methyl sites for hydroxylation is 1. The minimum atomic E-state index is -1.01. The number of aromatic carboxylic acids is 1. The fourth-order valence-corrected chi connectivity index (χ4v) is 2.85. The zero-order valence-corrected chi connectivity index (χ0v) is 11.7. The number of hydrogen-bond acceptors (Lipinski definition) is 4. The molecule has 2 aromatic rings. The number of nitrogens with zero attached hydrogens (tertiary/aromatic N) is 1. The highest BCUT2D eigenvalue weighted by Crippen LogP contribution is 2.18. The summed E-state index contributed by atoms with van der Waals surface area (Å²) in [5.41, 5.74) is 0.0594. The summed E-state index contributed by atoms with van der Waals surface area (Å²) in [6.45, 7) is 4.15. The minimum absolute atomic E-state index is 0.0594. The van der Waals surface area contributed by atoms with E-state index in [1.54, 1.807) is 23.5 Å². The smallest absolute Gasteiger partial charge is 0.354 e. The van der Waals surface area contributed by atoms with Crippen molar-refractivity contribution in [3.05, 3.63) is 45.8 Å². The average Bonchev–Trinajstić information content (AvgIpc) is 2.74. The van der Waals surface area contributed by atoms with Crippen molar-refractivity contribution in [3.8, 4) is 0 Å². The monoisotopic (exact) mass is 276 g/mol. The first kappa shape index (κ1) is 13.5. The van der Waals surface area contributed by atoms with Crippen LogP contribution in [0.2, 0.25) is 0 Å². The maximum absolute atomic E-state index is 10.8. The molecule has 5 heteroatoms. The third kappa shape index (κ3) is 3.79. The molecule has 0 aliphatic heterocycles. The Morgan fingerprint density at radius 2 is 2.21 bits per heavy atom. The van der Waals surface area contributed by atoms with E-state index in [0.29, 0.717) is 5.82 Å². The Kier molecular flexibility index (Phi) is 4.16. The minimum Gasteiger partial charge on any atom is -0.477 e. The second kappa shape index (κ2) is 5.84. The van der Waals surface area contributed by atoms with Gasteiger partial charge in [0.2, 0.25) is 0 Å². The molecule has 4 nitrogen and oxygen atoms in total. The lowest BCUT2D eigenvalue weighted by Crippen LogP contribution is -2.19. The number of carbonyl (C=O) groups is 1. The number of anilines is 1. The Bertz CT molecular complexity index is 580. The molecule has 2 heterocycles. The van der Waals surface area contributed by atoms with E-state index in [-0.39, 0.29) is 11.7 Å². The van der Waals surface area contributed by atoms with Gasteiger partial charge in [0.1, 0.15) is 5.82 Å². The van der Waals surface area contributed by atoms with Crippen molar-refractivity contribution in [2.75, 3.05) is 5.32 Å². The van der Waals surface area contributed by atoms with Crippen LogP contribution in [0.3, 0.4) is 0 Å². The number of nitrogens with one attached hydrogen (secondary N) is 1. The fraction of sp³-hybridized carbons (Fsp3) is 0.286. The lowest BCUT2D eigenvalue weighted by atomic mass is 10.2. The van der Waals surface area contributed by atoms with E-state index in [4.69, 9.17) is 5.11 Å². The number of pyridine rings is 1. The van der Waals surface area contributed by atoms with Crippen LogP contribution in [0.5, 0.6) is 0 Å². The van der Waals surface area contributed by atoms with E-state index < -0.39 is 5.97 Å². The normalized spacial score (nSPS) is 12.1. The molecule has 0 radical (unpaired) electrons. The molecule has 0 aliphatic rings. The molecular weight excluding hydrogens is 260 g/mol. The molecule has 0 aliphatic carbocycles. The van der Waals surface area contributed by atoms with Crippen molar-refractivity contribution >= 4 is 23.1 Å². The quantitative estimate of drug-likeness (QED) is 0.880. The lowest BCUT2D eigenvalue weighted by Gasteiger charge is -2.13. The Labute approximate surface area is 116 Å². The topological polar surface area (TPSA) is 62.2 Å². The van der Waals surface area contributed by atoms with E-state index in [1.165, 1.54) is 15.8 Å². The predicted octanol–water partition coefficient (Wildman–Crippen LogP) is 3.19. The van der Waals surface area contributed by atoms with Crippen LogP contribution in [0, 0.1) is 6.92 Å². The summed E-state index contributed by atoms with van der Waals surface area (Å²) in [6, 6.07) is 9.40. The summed E-state index contributed by atoms with van der Waals surface area (Å²) in [7, 11) is 0. The van der Waals surface area contributed by atoms with Gasteiger partial charge in [-0.25, -0.2) is 9.78 Å². The zero-order valence-electron chi connectivity index (χ0n) is 10.9. The number of carboxylic acid groups (broad SMARTS) is 1. The molecule has 0 amide bonds. The van der Waals surface area contributed by atoms with Crippen LogP contribution in [0.25, 0.3) is 0 Å². The van der Waals surface area contributed by atoms with Crippen molar-refractivity contribution in [2.24, 2.45) is 0 Å². The average molecular weight is 276 g/mol. The fourth-order valence-electron chi connectivity index (χ4n) is 1.83. The summed E-state index contributed by atoms with van der Waals surface area (Å²) in [4.78, 5) is 17.5. The number of aromatic nitrogens is 1. The highest BCUT2D eigenvalue weighted by molar-refractivity contribution is 7.11. The second-order valence-corrected chi connectivity index (χ2v) is 5.85. The molecular formula is C14H16N2O2S. The van der Waals surface area contributed by atoms with E-state index >= 15 is 0 Å². The molecule has 19 heavy (non-hydrogen) atoms. The van der Waals surface area contributed by atoms with Gasteiger partial charge < -0.3 is 10.4 Å². The number of rotatable bonds is 5. The van der Waals surface area contributed by atoms with Crippen LogP contribution in [0.1, 0.15) is 27.2 Å². The summed E-state index contributed by atoms with van der Waals surface area (Å²) in [6.07, 6.45) is 0.900. The highest BCUT2D eigenvalue weighted by Gasteiger charge is 2.08. The predicted molar refractivity (Wildman–Crippen MR) is 77.0 cm³/mol. The van der Waals surface area contributed by atoms with Crippen LogP contribution in [-0.2, 0) is 6.42 Å². The zero-order chi connectivity index (χ0) is 13.8. The van der Waals surface area contributed by atoms with Crippen molar-refractivity contribution in [1.82, 2.24) is 4.98 Å². The van der Waals surface area contributed by atoms with Gasteiger partial charge in [0.15, 0.2) is 5.69 Å². The van der Waals surface area contributed by atoms with Gasteiger partial charge in [0.25, 0.3) is 0 Å². The first-order valence-electron chi connectivity index (χ1n) is 6.07. The maximum atomic E-state index is 10.8. The number of carboxylic acids is 1. The molecule has 0 fully saturated rings. The SMILES string of the molecule is Cc1ccc(CC(C)Nc2cccc(C(=O)O)n2)s1. The molecule has 1 unspecified atom stereocenters. The molecule has 0 spiro atoms. The third-order valence-corrected chi connectivity index (χ3v) is 3.69. The molecule has 0 saturated heterocycles. The van der Waals surface area contributed by atoms with Gasteiger partial charge in [-0.1, -0.05) is 6.07 Å². The molecule has 100 valence electrons. The summed E-state index contributed by atoms with van der Waals surface area (Å²) >= 11 is 1.78. The highest BCUT2D eigenvalue weighted by atomic mass is 32.1. The molecule has 1 atom stereocenters. The number of thiophene rings is 1. The van der Waals surface area contributed by atoms with Crippen molar-refractivity contribution in [3.63, 3.8) is 0 Å². The molecule has 2 aromatic heterocycles. The Hall–Kier alpha value is -1.88. The summed E-state index contributed by atoms with van der Waals surface area (Å²) in [5, 5.41) is 12.1. The molecule has 0 bridgehead atoms. The molecule has 2 rings (SSSR count). The maximum Gasteiger partial charge on any atom is 0.354 e. The van der Waals surface area contributed by atoms with Gasteiger partial charge in [-0.05, 0) is 38.1 Å². The van der Waals surface area contributed by atoms with Gasteiger partial charge in [-0.2, -0.15) is 0 Å². The standard InChI is InChI=1S/C14H16N2O2S/c1-9(8-11-7-6-10(2)19-11)15-13-5-3-4-12(16-13)14(17)18/h3-7,9H,8H2,1-2H3,(H,15,16)(H,17,18). The Balaban J connectivity index is 2.00. The Morgan fingerprint density at radius 3 is 2.84 bits per heavy atom. The third-order valence-electron chi connectivity index (χ3n) is 2.67. The molecule has 0 aromatic carbocycles. The van der Waals surface area contributed by atoms with Gasteiger partial charge in [-0.15, -0.1) is 11.3 Å². The van der Waals surface area contributed by atoms with Gasteiger partial charge in [0.05, 0.1) is 0 Å². The van der Waals surface area contributed by atoms with Gasteiger partial charge in [-0.3, -0.25) is 0 Å². The van der Waals surface area contributed by atoms with Crippen LogP contribution >= 0.6 is 11.3 Å². The van der Waals surface area contributed by atoms with Gasteiger partial charge in [0, 0.05) is 22.2 Å². The first-order chi connectivity index (χ1) is 9.04. The van der Waals surface area contributed by atoms with Gasteiger partial charge >= 0.3 is 5.97 Å². The summed E-state index contributed by atoms with van der Waals surface area (Å²) < 4.78 is 0. The van der Waals surface area contributed by atoms with Crippen LogP contribution in [0.15, 0.2) is 30.3 Å². The van der Waals surface area contributed by atoms with E-state index in [1.807, 2.05) is 0 Å². The van der Waals surface area contributed by atoms with Crippen molar-refractivity contribution < 1.29 is 9.90 Å². The molecule has 0 saturated carbocycles. The van der Waals surface area contributed by atoms with Crippen LogP contribution in [0.4, 0.5) is 5.82 Å². The van der Waals surface area contributed by atoms with E-state index in [0.717, 1.165) is 6.42 Å². The van der Waals surface area contributed by atoms with E-state index in [9.17, 15) is 4.79 Å². The lowest BCUT2D eigenvalue weighted by molar-refractivity contribution is 0.0690. The van der Waals surface area contributed by atoms with Crippen LogP contribution in [-0.4, -0.2) is 22.1 Å². The van der Waals surface area contributed by atoms with Crippen molar-refractivity contribution in [1.29, 1.82) is 0 Å². The summed E-state index contributed by atoms with van der Waals surface area (Å²) in [5.74, 6) is -0.411. The second-order valence-electron chi connectivity index (χ2n) is 4.48. The van der Waals surface area contributed by atoms with Crippen LogP contribution < -0.4 is 5.32 Å². The van der Waals surface area contributed by atoms with E-state index in [2.05, 4.69) is 36.3 Å². The number of hydrogen-bond donors (Lipinski definition) is 2. The van der Waals surface area contributed by atoms with Crippen molar-refractivity contribution in [2.45, 2.75) is 26.3 Å².